The van der Waals surface area contributed by atoms with Gasteiger partial charge in [0.15, 0.2) is 0 Å². The van der Waals surface area contributed by atoms with Crippen LogP contribution in [0.5, 0.6) is 17.4 Å². The molecule has 3 aromatic rings. The molecule has 2 aromatic carbocycles. The summed E-state index contributed by atoms with van der Waals surface area (Å²) in [7, 11) is 0. The van der Waals surface area contributed by atoms with Gasteiger partial charge in [0.25, 0.3) is 5.91 Å². The van der Waals surface area contributed by atoms with E-state index in [1.807, 2.05) is 54.6 Å². The fourth-order valence-corrected chi connectivity index (χ4v) is 2.86. The second-order valence-corrected chi connectivity index (χ2v) is 6.06. The highest BCUT2D eigenvalue weighted by Gasteiger charge is 2.22. The normalized spacial score (nSPS) is 15.0. The number of carbonyl (C=O) groups excluding carboxylic acids is 1. The minimum Gasteiger partial charge on any atom is -0.488 e. The van der Waals surface area contributed by atoms with E-state index in [2.05, 4.69) is 10.3 Å². The number of hydrogen-bond donors (Lipinski definition) is 1. The molecule has 26 heavy (non-hydrogen) atoms. The van der Waals surface area contributed by atoms with Crippen LogP contribution in [0.2, 0.25) is 0 Å². The number of nitrogens with zero attached hydrogens (tertiary/aromatic N) is 1. The predicted octanol–water partition coefficient (Wildman–Crippen LogP) is 3.61. The van der Waals surface area contributed by atoms with Crippen molar-refractivity contribution in [3.05, 3.63) is 84.1 Å². The third kappa shape index (κ3) is 3.67. The van der Waals surface area contributed by atoms with Crippen LogP contribution in [0, 0.1) is 0 Å². The zero-order valence-corrected chi connectivity index (χ0v) is 14.1. The summed E-state index contributed by atoms with van der Waals surface area (Å²) < 4.78 is 11.5. The second kappa shape index (κ2) is 7.27. The molecule has 0 saturated carbocycles. The molecule has 5 nitrogen and oxygen atoms in total. The van der Waals surface area contributed by atoms with Crippen LogP contribution >= 0.6 is 0 Å². The number of hydrogen-bond acceptors (Lipinski definition) is 4. The number of pyridine rings is 1. The number of benzene rings is 2. The molecule has 4 rings (SSSR count). The van der Waals surface area contributed by atoms with Crippen LogP contribution in [0.3, 0.4) is 0 Å². The summed E-state index contributed by atoms with van der Waals surface area (Å²) in [4.78, 5) is 16.5. The second-order valence-electron chi connectivity index (χ2n) is 6.06. The highest BCUT2D eigenvalue weighted by Crippen LogP contribution is 2.27. The van der Waals surface area contributed by atoms with E-state index in [4.69, 9.17) is 9.47 Å². The first kappa shape index (κ1) is 16.1. The van der Waals surface area contributed by atoms with Crippen molar-refractivity contribution in [3.63, 3.8) is 0 Å². The Bertz CT molecular complexity index is 870. The van der Waals surface area contributed by atoms with Gasteiger partial charge in [-0.2, -0.15) is 0 Å². The Morgan fingerprint density at radius 2 is 1.88 bits per heavy atom. The van der Waals surface area contributed by atoms with Gasteiger partial charge in [0.2, 0.25) is 5.88 Å². The van der Waals surface area contributed by atoms with E-state index < -0.39 is 0 Å². The van der Waals surface area contributed by atoms with Gasteiger partial charge in [-0.25, -0.2) is 4.98 Å². The fourth-order valence-electron chi connectivity index (χ4n) is 2.86. The van der Waals surface area contributed by atoms with Crippen molar-refractivity contribution in [2.75, 3.05) is 6.54 Å². The Kier molecular flexibility index (Phi) is 4.51. The summed E-state index contributed by atoms with van der Waals surface area (Å²) >= 11 is 0. The molecule has 0 saturated heterocycles. The minimum absolute atomic E-state index is 0.0370. The molecule has 0 unspecified atom stereocenters. The van der Waals surface area contributed by atoms with E-state index >= 15 is 0 Å². The maximum absolute atomic E-state index is 12.3. The van der Waals surface area contributed by atoms with E-state index in [0.717, 1.165) is 12.2 Å². The number of nitrogens with one attached hydrogen (secondary N) is 1. The van der Waals surface area contributed by atoms with Crippen LogP contribution in [0.4, 0.5) is 0 Å². The average Bonchev–Trinajstić information content (AvgIpc) is 3.10. The molecule has 1 aromatic heterocycles. The lowest BCUT2D eigenvalue weighted by Crippen LogP contribution is -2.34. The lowest BCUT2D eigenvalue weighted by Gasteiger charge is -2.12. The SMILES string of the molecule is O=C(NC[C@@H]1Cc2ccccc2O1)c1ccc(Oc2ccccc2)nc1. The summed E-state index contributed by atoms with van der Waals surface area (Å²) in [6.45, 7) is 0.454. The summed E-state index contributed by atoms with van der Waals surface area (Å²) in [5, 5.41) is 2.90. The zero-order chi connectivity index (χ0) is 17.8. The number of para-hydroxylation sites is 2. The lowest BCUT2D eigenvalue weighted by molar-refractivity contribution is 0.0933. The molecule has 0 spiro atoms. The van der Waals surface area contributed by atoms with Crippen molar-refractivity contribution in [1.29, 1.82) is 0 Å². The molecular weight excluding hydrogens is 328 g/mol. The van der Waals surface area contributed by atoms with Crippen molar-refractivity contribution >= 4 is 5.91 Å². The topological polar surface area (TPSA) is 60.5 Å². The highest BCUT2D eigenvalue weighted by molar-refractivity contribution is 5.93. The van der Waals surface area contributed by atoms with E-state index in [0.29, 0.717) is 23.7 Å². The summed E-state index contributed by atoms with van der Waals surface area (Å²) in [5.41, 5.74) is 1.66. The molecule has 0 radical (unpaired) electrons. The first-order chi connectivity index (χ1) is 12.8. The molecule has 0 fully saturated rings. The van der Waals surface area contributed by atoms with Gasteiger partial charge in [-0.3, -0.25) is 4.79 Å². The van der Waals surface area contributed by atoms with Crippen LogP contribution in [-0.2, 0) is 6.42 Å². The molecule has 0 aliphatic carbocycles. The van der Waals surface area contributed by atoms with E-state index in [-0.39, 0.29) is 12.0 Å². The van der Waals surface area contributed by atoms with Crippen LogP contribution in [0.15, 0.2) is 72.9 Å². The van der Waals surface area contributed by atoms with E-state index in [1.165, 1.54) is 11.8 Å². The molecule has 1 aliphatic rings. The molecule has 130 valence electrons. The van der Waals surface area contributed by atoms with Gasteiger partial charge in [-0.1, -0.05) is 36.4 Å². The molecule has 1 N–H and O–H groups in total. The first-order valence-corrected chi connectivity index (χ1v) is 8.50. The fraction of sp³-hybridized carbons (Fsp3) is 0.143. The van der Waals surface area contributed by atoms with Crippen LogP contribution in [0.25, 0.3) is 0 Å². The largest absolute Gasteiger partial charge is 0.488 e. The molecular formula is C21H18N2O3. The molecule has 1 atom stereocenters. The van der Waals surface area contributed by atoms with Gasteiger partial charge < -0.3 is 14.8 Å². The lowest BCUT2D eigenvalue weighted by atomic mass is 10.1. The van der Waals surface area contributed by atoms with Crippen molar-refractivity contribution in [3.8, 4) is 17.4 Å². The maximum Gasteiger partial charge on any atom is 0.252 e. The third-order valence-electron chi connectivity index (χ3n) is 4.17. The summed E-state index contributed by atoms with van der Waals surface area (Å²) in [6.07, 6.45) is 2.28. The molecule has 2 heterocycles. The Labute approximate surface area is 151 Å². The first-order valence-electron chi connectivity index (χ1n) is 8.50. The number of amides is 1. The number of aromatic nitrogens is 1. The summed E-state index contributed by atoms with van der Waals surface area (Å²) in [6, 6.07) is 20.7. The Balaban J connectivity index is 1.31. The Morgan fingerprint density at radius 1 is 1.08 bits per heavy atom. The van der Waals surface area contributed by atoms with E-state index in [9.17, 15) is 4.79 Å². The van der Waals surface area contributed by atoms with Crippen molar-refractivity contribution in [2.24, 2.45) is 0 Å². The predicted molar refractivity (Wildman–Crippen MR) is 97.6 cm³/mol. The average molecular weight is 346 g/mol. The van der Waals surface area contributed by atoms with Gasteiger partial charge in [-0.05, 0) is 29.8 Å². The molecule has 0 bridgehead atoms. The van der Waals surface area contributed by atoms with Gasteiger partial charge in [0.05, 0.1) is 12.1 Å². The zero-order valence-electron chi connectivity index (χ0n) is 14.1. The van der Waals surface area contributed by atoms with Crippen molar-refractivity contribution in [2.45, 2.75) is 12.5 Å². The Morgan fingerprint density at radius 3 is 2.65 bits per heavy atom. The smallest absolute Gasteiger partial charge is 0.252 e. The number of fused-ring (bicyclic) bond motifs is 1. The minimum atomic E-state index is -0.177. The van der Waals surface area contributed by atoms with Crippen LogP contribution in [-0.4, -0.2) is 23.5 Å². The maximum atomic E-state index is 12.3. The number of ether oxygens (including phenoxy) is 2. The third-order valence-corrected chi connectivity index (χ3v) is 4.17. The standard InChI is InChI=1S/C21H18N2O3/c24-21(23-14-18-12-15-6-4-5-9-19(15)25-18)16-10-11-20(22-13-16)26-17-7-2-1-3-8-17/h1-11,13,18H,12,14H2,(H,23,24)/t18-/m0/s1. The molecule has 1 amide bonds. The van der Waals surface area contributed by atoms with Gasteiger partial charge in [0, 0.05) is 18.7 Å². The quantitative estimate of drug-likeness (QED) is 0.767. The summed E-state index contributed by atoms with van der Waals surface area (Å²) in [5.74, 6) is 1.87. The van der Waals surface area contributed by atoms with Gasteiger partial charge in [-0.15, -0.1) is 0 Å². The van der Waals surface area contributed by atoms with Gasteiger partial charge in [0.1, 0.15) is 17.6 Å². The monoisotopic (exact) mass is 346 g/mol. The number of rotatable bonds is 5. The number of carbonyl (C=O) groups is 1. The van der Waals surface area contributed by atoms with E-state index in [1.54, 1.807) is 12.1 Å². The Hall–Kier alpha value is -3.34. The van der Waals surface area contributed by atoms with Crippen molar-refractivity contribution in [1.82, 2.24) is 10.3 Å². The van der Waals surface area contributed by atoms with Gasteiger partial charge >= 0.3 is 0 Å². The molecule has 1 aliphatic heterocycles. The molecule has 5 heteroatoms. The highest BCUT2D eigenvalue weighted by atomic mass is 16.5. The van der Waals surface area contributed by atoms with Crippen LogP contribution in [0.1, 0.15) is 15.9 Å². The van der Waals surface area contributed by atoms with Crippen LogP contribution < -0.4 is 14.8 Å². The van der Waals surface area contributed by atoms with Crippen molar-refractivity contribution < 1.29 is 14.3 Å².